The number of anilines is 2. The van der Waals surface area contributed by atoms with Crippen LogP contribution in [0.2, 0.25) is 0 Å². The molecule has 2 aromatic carbocycles. The van der Waals surface area contributed by atoms with Crippen molar-refractivity contribution in [2.45, 2.75) is 37.5 Å². The van der Waals surface area contributed by atoms with Crippen LogP contribution in [-0.2, 0) is 16.0 Å². The lowest BCUT2D eigenvalue weighted by molar-refractivity contribution is -0.192. The standard InChI is InChI=1S/C23H22F2N6O2.C2HF3O2/c24-14-7-15(25)9-17(8-14)30-23(33)29-16-3-4-21-19(10-16)13(12-28-21)6-20(27)22(32)31-5-1-2-18(31)11-26;3-2(4,5)1(6)7/h3-4,7-10,12,18,20,28H,1-2,5-6,27H2,(H2,29,30,33);(H,6,7)/t18-,20-;/m0./s1. The largest absolute Gasteiger partial charge is 0.490 e. The molecule has 1 aliphatic rings. The molecule has 3 aromatic rings. The summed E-state index contributed by atoms with van der Waals surface area (Å²) in [6, 6.07) is 8.11. The van der Waals surface area contributed by atoms with Gasteiger partial charge in [0.1, 0.15) is 17.7 Å². The van der Waals surface area contributed by atoms with Crippen molar-refractivity contribution in [2.24, 2.45) is 5.73 Å². The van der Waals surface area contributed by atoms with E-state index in [-0.39, 0.29) is 18.0 Å². The Morgan fingerprint density at radius 2 is 1.75 bits per heavy atom. The fourth-order valence-electron chi connectivity index (χ4n) is 4.05. The molecule has 2 atom stereocenters. The number of aromatic nitrogens is 1. The van der Waals surface area contributed by atoms with Crippen LogP contribution in [0.1, 0.15) is 18.4 Å². The van der Waals surface area contributed by atoms with Gasteiger partial charge in [0.05, 0.1) is 12.1 Å². The zero-order valence-electron chi connectivity index (χ0n) is 20.6. The SMILES string of the molecule is N#C[C@@H]1CCCN1C(=O)[C@@H](N)Cc1c[nH]c2ccc(NC(=O)Nc3cc(F)cc(F)c3)cc12.O=C(O)C(F)(F)F. The van der Waals surface area contributed by atoms with E-state index in [0.717, 1.165) is 35.0 Å². The first-order valence-electron chi connectivity index (χ1n) is 11.7. The van der Waals surface area contributed by atoms with Crippen LogP contribution in [-0.4, -0.2) is 57.7 Å². The molecule has 4 rings (SSSR count). The molecule has 1 aliphatic heterocycles. The number of carboxylic acids is 1. The van der Waals surface area contributed by atoms with E-state index in [0.29, 0.717) is 24.7 Å². The van der Waals surface area contributed by atoms with Crippen LogP contribution in [0.4, 0.5) is 38.1 Å². The van der Waals surface area contributed by atoms with Gasteiger partial charge in [-0.15, -0.1) is 0 Å². The number of likely N-dealkylation sites (tertiary alicyclic amines) is 1. The maximum Gasteiger partial charge on any atom is 0.490 e. The quantitative estimate of drug-likeness (QED) is 0.292. The summed E-state index contributed by atoms with van der Waals surface area (Å²) >= 11 is 0. The molecule has 0 spiro atoms. The van der Waals surface area contributed by atoms with Crippen LogP contribution < -0.4 is 16.4 Å². The summed E-state index contributed by atoms with van der Waals surface area (Å²) in [5.74, 6) is -4.62. The van der Waals surface area contributed by atoms with Crippen molar-refractivity contribution >= 4 is 40.2 Å². The average Bonchev–Trinajstić information content (AvgIpc) is 3.49. The predicted octanol–water partition coefficient (Wildman–Crippen LogP) is 4.11. The highest BCUT2D eigenvalue weighted by atomic mass is 19.4. The number of nitrogens with two attached hydrogens (primary N) is 1. The Bertz CT molecular complexity index is 1430. The number of aliphatic carboxylic acids is 1. The molecule has 10 nitrogen and oxygen atoms in total. The molecule has 212 valence electrons. The number of nitrogens with one attached hydrogen (secondary N) is 3. The third kappa shape index (κ3) is 7.67. The summed E-state index contributed by atoms with van der Waals surface area (Å²) in [5, 5.41) is 22.1. The fourth-order valence-corrected chi connectivity index (χ4v) is 4.05. The monoisotopic (exact) mass is 566 g/mol. The zero-order chi connectivity index (χ0) is 29.6. The van der Waals surface area contributed by atoms with Crippen LogP contribution in [0.25, 0.3) is 10.9 Å². The van der Waals surface area contributed by atoms with Gasteiger partial charge in [-0.25, -0.2) is 18.4 Å². The molecule has 1 saturated heterocycles. The lowest BCUT2D eigenvalue weighted by Crippen LogP contribution is -2.46. The van der Waals surface area contributed by atoms with Crippen molar-refractivity contribution in [3.05, 3.63) is 59.8 Å². The van der Waals surface area contributed by atoms with Gasteiger partial charge in [-0.05, 0) is 55.2 Å². The maximum atomic E-state index is 13.3. The van der Waals surface area contributed by atoms with Crippen LogP contribution in [0.3, 0.4) is 0 Å². The van der Waals surface area contributed by atoms with Gasteiger partial charge in [-0.1, -0.05) is 0 Å². The number of nitrogens with zero attached hydrogens (tertiary/aromatic N) is 2. The van der Waals surface area contributed by atoms with Crippen molar-refractivity contribution in [3.8, 4) is 6.07 Å². The first-order valence-corrected chi connectivity index (χ1v) is 11.7. The van der Waals surface area contributed by atoms with E-state index in [2.05, 4.69) is 21.7 Å². The van der Waals surface area contributed by atoms with Gasteiger partial charge in [0.15, 0.2) is 0 Å². The molecular formula is C25H23F5N6O4. The Morgan fingerprint density at radius 3 is 2.35 bits per heavy atom. The highest BCUT2D eigenvalue weighted by Crippen LogP contribution is 2.25. The molecule has 0 unspecified atom stereocenters. The second-order valence-corrected chi connectivity index (χ2v) is 8.74. The van der Waals surface area contributed by atoms with E-state index in [1.807, 2.05) is 0 Å². The van der Waals surface area contributed by atoms with Crippen molar-refractivity contribution in [1.82, 2.24) is 9.88 Å². The number of hydrogen-bond acceptors (Lipinski definition) is 5. The van der Waals surface area contributed by atoms with Gasteiger partial charge in [0.25, 0.3) is 0 Å². The van der Waals surface area contributed by atoms with Gasteiger partial charge in [-0.2, -0.15) is 18.4 Å². The molecule has 1 fully saturated rings. The van der Waals surface area contributed by atoms with Crippen molar-refractivity contribution in [3.63, 3.8) is 0 Å². The first kappa shape index (κ1) is 29.8. The van der Waals surface area contributed by atoms with Crippen molar-refractivity contribution < 1.29 is 41.4 Å². The maximum absolute atomic E-state index is 13.3. The molecule has 0 aliphatic carbocycles. The van der Waals surface area contributed by atoms with Crippen LogP contribution in [0, 0.1) is 23.0 Å². The average molecular weight is 566 g/mol. The Kier molecular flexibility index (Phi) is 9.27. The fraction of sp³-hybridized carbons (Fsp3) is 0.280. The number of benzene rings is 2. The summed E-state index contributed by atoms with van der Waals surface area (Å²) < 4.78 is 58.4. The lowest BCUT2D eigenvalue weighted by Gasteiger charge is -2.23. The smallest absolute Gasteiger partial charge is 0.475 e. The number of carbonyl (C=O) groups is 3. The number of fused-ring (bicyclic) bond motifs is 1. The van der Waals surface area contributed by atoms with E-state index < -0.39 is 41.9 Å². The Morgan fingerprint density at radius 1 is 1.12 bits per heavy atom. The number of halogens is 5. The summed E-state index contributed by atoms with van der Waals surface area (Å²) in [6.07, 6.45) is -1.64. The number of aromatic amines is 1. The summed E-state index contributed by atoms with van der Waals surface area (Å²) in [4.78, 5) is 38.5. The van der Waals surface area contributed by atoms with Crippen LogP contribution in [0.15, 0.2) is 42.6 Å². The Labute approximate surface area is 223 Å². The van der Waals surface area contributed by atoms with E-state index in [9.17, 15) is 36.8 Å². The number of nitriles is 1. The van der Waals surface area contributed by atoms with Crippen LogP contribution >= 0.6 is 0 Å². The number of alkyl halides is 3. The number of rotatable bonds is 5. The van der Waals surface area contributed by atoms with Crippen LogP contribution in [0.5, 0.6) is 0 Å². The number of amides is 3. The van der Waals surface area contributed by atoms with Crippen molar-refractivity contribution in [2.75, 3.05) is 17.2 Å². The summed E-state index contributed by atoms with van der Waals surface area (Å²) in [6.45, 7) is 0.525. The van der Waals surface area contributed by atoms with E-state index in [4.69, 9.17) is 15.6 Å². The number of urea groups is 1. The van der Waals surface area contributed by atoms with Crippen molar-refractivity contribution in [1.29, 1.82) is 5.26 Å². The third-order valence-corrected chi connectivity index (χ3v) is 5.83. The molecule has 0 bridgehead atoms. The summed E-state index contributed by atoms with van der Waals surface area (Å²) in [5.41, 5.74) is 8.18. The minimum atomic E-state index is -5.08. The van der Waals surface area contributed by atoms with Gasteiger partial charge in [-0.3, -0.25) is 4.79 Å². The Hall–Kier alpha value is -4.71. The highest BCUT2D eigenvalue weighted by Gasteiger charge is 2.38. The third-order valence-electron chi connectivity index (χ3n) is 5.83. The molecule has 2 heterocycles. The number of hydrogen-bond donors (Lipinski definition) is 5. The topological polar surface area (TPSA) is 164 Å². The molecule has 6 N–H and O–H groups in total. The molecule has 40 heavy (non-hydrogen) atoms. The second kappa shape index (κ2) is 12.4. The predicted molar refractivity (Wildman–Crippen MR) is 133 cm³/mol. The van der Waals surface area contributed by atoms with E-state index in [1.165, 1.54) is 4.90 Å². The van der Waals surface area contributed by atoms with Gasteiger partial charge >= 0.3 is 18.2 Å². The zero-order valence-corrected chi connectivity index (χ0v) is 20.6. The molecule has 0 radical (unpaired) electrons. The highest BCUT2D eigenvalue weighted by molar-refractivity contribution is 6.01. The number of H-pyrrole nitrogens is 1. The first-order chi connectivity index (χ1) is 18.8. The molecule has 3 amide bonds. The molecule has 1 aromatic heterocycles. The normalized spacial score (nSPS) is 15.5. The number of carboxylic acid groups (broad SMARTS) is 1. The minimum Gasteiger partial charge on any atom is -0.475 e. The van der Waals surface area contributed by atoms with E-state index >= 15 is 0 Å². The van der Waals surface area contributed by atoms with Gasteiger partial charge in [0, 0.05) is 41.1 Å². The lowest BCUT2D eigenvalue weighted by atomic mass is 10.0. The molecular weight excluding hydrogens is 543 g/mol. The summed E-state index contributed by atoms with van der Waals surface area (Å²) in [7, 11) is 0. The van der Waals surface area contributed by atoms with E-state index in [1.54, 1.807) is 24.4 Å². The molecule has 15 heteroatoms. The Balaban J connectivity index is 0.000000559. The second-order valence-electron chi connectivity index (χ2n) is 8.74. The molecule has 0 saturated carbocycles. The van der Waals surface area contributed by atoms with Gasteiger partial charge in [0.2, 0.25) is 5.91 Å². The minimum absolute atomic E-state index is 0.0181. The van der Waals surface area contributed by atoms with Gasteiger partial charge < -0.3 is 31.4 Å². The number of carbonyl (C=O) groups excluding carboxylic acids is 2.